The number of aliphatic hydroxyl groups excluding tert-OH is 2. The highest BCUT2D eigenvalue weighted by Crippen LogP contribution is 2.24. The second kappa shape index (κ2) is 7.87. The van der Waals surface area contributed by atoms with Crippen molar-refractivity contribution in [3.05, 3.63) is 41.8 Å². The van der Waals surface area contributed by atoms with Gasteiger partial charge in [0, 0.05) is 37.4 Å². The van der Waals surface area contributed by atoms with Crippen LogP contribution in [0.1, 0.15) is 12.0 Å². The lowest BCUT2D eigenvalue weighted by Crippen LogP contribution is -2.28. The SMILES string of the molecule is OCCCN(CCO)Cc1cn[nH]c1-c1ccccc1F. The number of benzene rings is 1. The molecule has 21 heavy (non-hydrogen) atoms. The van der Waals surface area contributed by atoms with Crippen LogP contribution in [0.15, 0.2) is 30.5 Å². The Balaban J connectivity index is 2.17. The standard InChI is InChI=1S/C15H20FN3O2/c16-14-5-2-1-4-13(14)15-12(10-17-18-15)11-19(7-9-21)6-3-8-20/h1-2,4-5,10,20-21H,3,6-9,11H2,(H,17,18). The molecule has 6 heteroatoms. The van der Waals surface area contributed by atoms with Gasteiger partial charge in [-0.1, -0.05) is 12.1 Å². The van der Waals surface area contributed by atoms with Crippen molar-refractivity contribution in [3.63, 3.8) is 0 Å². The molecular formula is C15H20FN3O2. The number of H-pyrrole nitrogens is 1. The van der Waals surface area contributed by atoms with Gasteiger partial charge in [-0.25, -0.2) is 4.39 Å². The molecule has 0 aliphatic carbocycles. The summed E-state index contributed by atoms with van der Waals surface area (Å²) in [5.74, 6) is -0.299. The minimum Gasteiger partial charge on any atom is -0.396 e. The molecule has 0 bridgehead atoms. The Morgan fingerprint density at radius 2 is 1.95 bits per heavy atom. The zero-order valence-electron chi connectivity index (χ0n) is 11.8. The van der Waals surface area contributed by atoms with E-state index in [0.717, 1.165) is 5.56 Å². The summed E-state index contributed by atoms with van der Waals surface area (Å²) >= 11 is 0. The number of nitrogens with zero attached hydrogens (tertiary/aromatic N) is 2. The summed E-state index contributed by atoms with van der Waals surface area (Å²) in [5, 5.41) is 24.9. The molecular weight excluding hydrogens is 273 g/mol. The number of halogens is 1. The van der Waals surface area contributed by atoms with Gasteiger partial charge in [0.05, 0.1) is 18.5 Å². The van der Waals surface area contributed by atoms with Gasteiger partial charge in [0.25, 0.3) is 0 Å². The Kier molecular flexibility index (Phi) is 5.86. The molecule has 0 saturated heterocycles. The van der Waals surface area contributed by atoms with E-state index in [1.807, 2.05) is 4.90 Å². The van der Waals surface area contributed by atoms with Gasteiger partial charge in [-0.15, -0.1) is 0 Å². The summed E-state index contributed by atoms with van der Waals surface area (Å²) in [7, 11) is 0. The third-order valence-corrected chi connectivity index (χ3v) is 3.30. The molecule has 1 heterocycles. The first kappa shape index (κ1) is 15.6. The topological polar surface area (TPSA) is 72.4 Å². The van der Waals surface area contributed by atoms with Crippen LogP contribution in [0.25, 0.3) is 11.3 Å². The fraction of sp³-hybridized carbons (Fsp3) is 0.400. The Morgan fingerprint density at radius 3 is 2.67 bits per heavy atom. The van der Waals surface area contributed by atoms with Crippen molar-refractivity contribution in [3.8, 4) is 11.3 Å². The number of aromatic amines is 1. The number of aliphatic hydroxyl groups is 2. The summed E-state index contributed by atoms with van der Waals surface area (Å²) in [4.78, 5) is 2.01. The van der Waals surface area contributed by atoms with Gasteiger partial charge in [-0.2, -0.15) is 5.10 Å². The van der Waals surface area contributed by atoms with Gasteiger partial charge in [0.1, 0.15) is 5.82 Å². The molecule has 0 amide bonds. The van der Waals surface area contributed by atoms with E-state index in [-0.39, 0.29) is 19.0 Å². The van der Waals surface area contributed by atoms with Crippen LogP contribution in [0, 0.1) is 5.82 Å². The maximum absolute atomic E-state index is 13.9. The molecule has 0 fully saturated rings. The van der Waals surface area contributed by atoms with E-state index in [0.29, 0.717) is 37.3 Å². The molecule has 0 aliphatic heterocycles. The van der Waals surface area contributed by atoms with Gasteiger partial charge in [-0.3, -0.25) is 10.00 Å². The van der Waals surface area contributed by atoms with Crippen molar-refractivity contribution < 1.29 is 14.6 Å². The molecule has 1 aromatic carbocycles. The number of hydrogen-bond acceptors (Lipinski definition) is 4. The molecule has 2 rings (SSSR count). The minimum absolute atomic E-state index is 0.0400. The van der Waals surface area contributed by atoms with Crippen LogP contribution in [0.4, 0.5) is 4.39 Å². The molecule has 3 N–H and O–H groups in total. The van der Waals surface area contributed by atoms with Gasteiger partial charge in [-0.05, 0) is 18.6 Å². The van der Waals surface area contributed by atoms with Gasteiger partial charge in [0.2, 0.25) is 0 Å². The summed E-state index contributed by atoms with van der Waals surface area (Å²) in [5.41, 5.74) is 2.00. The fourth-order valence-corrected chi connectivity index (χ4v) is 2.27. The zero-order valence-corrected chi connectivity index (χ0v) is 11.8. The van der Waals surface area contributed by atoms with Crippen LogP contribution in [-0.2, 0) is 6.54 Å². The average molecular weight is 293 g/mol. The van der Waals surface area contributed by atoms with E-state index >= 15 is 0 Å². The van der Waals surface area contributed by atoms with Crippen LogP contribution in [0.3, 0.4) is 0 Å². The molecule has 114 valence electrons. The van der Waals surface area contributed by atoms with Crippen LogP contribution in [0.5, 0.6) is 0 Å². The second-order valence-corrected chi connectivity index (χ2v) is 4.83. The van der Waals surface area contributed by atoms with Crippen molar-refractivity contribution in [2.24, 2.45) is 0 Å². The predicted octanol–water partition coefficient (Wildman–Crippen LogP) is 1.39. The first-order chi connectivity index (χ1) is 10.3. The lowest BCUT2D eigenvalue weighted by Gasteiger charge is -2.20. The van der Waals surface area contributed by atoms with E-state index in [1.165, 1.54) is 6.07 Å². The van der Waals surface area contributed by atoms with Gasteiger partial charge in [0.15, 0.2) is 0 Å². The number of nitrogens with one attached hydrogen (secondary N) is 1. The molecule has 0 atom stereocenters. The zero-order chi connectivity index (χ0) is 15.1. The Morgan fingerprint density at radius 1 is 1.14 bits per heavy atom. The highest BCUT2D eigenvalue weighted by Gasteiger charge is 2.14. The number of aromatic nitrogens is 2. The van der Waals surface area contributed by atoms with Crippen molar-refractivity contribution in [1.82, 2.24) is 15.1 Å². The van der Waals surface area contributed by atoms with E-state index < -0.39 is 0 Å². The highest BCUT2D eigenvalue weighted by molar-refractivity contribution is 5.63. The van der Waals surface area contributed by atoms with Crippen molar-refractivity contribution >= 4 is 0 Å². The van der Waals surface area contributed by atoms with Crippen molar-refractivity contribution in [2.75, 3.05) is 26.3 Å². The molecule has 1 aromatic heterocycles. The Labute approximate surface area is 123 Å². The monoisotopic (exact) mass is 293 g/mol. The van der Waals surface area contributed by atoms with Crippen molar-refractivity contribution in [2.45, 2.75) is 13.0 Å². The number of rotatable bonds is 8. The summed E-state index contributed by atoms with van der Waals surface area (Å²) in [6.45, 7) is 1.85. The molecule has 0 saturated carbocycles. The summed E-state index contributed by atoms with van der Waals surface area (Å²) in [6.07, 6.45) is 2.30. The summed E-state index contributed by atoms with van der Waals surface area (Å²) < 4.78 is 13.9. The van der Waals surface area contributed by atoms with E-state index in [1.54, 1.807) is 24.4 Å². The van der Waals surface area contributed by atoms with Crippen LogP contribution < -0.4 is 0 Å². The van der Waals surface area contributed by atoms with Crippen molar-refractivity contribution in [1.29, 1.82) is 0 Å². The largest absolute Gasteiger partial charge is 0.396 e. The average Bonchev–Trinajstić information content (AvgIpc) is 2.93. The predicted molar refractivity (Wildman–Crippen MR) is 78.0 cm³/mol. The van der Waals surface area contributed by atoms with Crippen LogP contribution in [0.2, 0.25) is 0 Å². The quantitative estimate of drug-likeness (QED) is 0.688. The molecule has 0 radical (unpaired) electrons. The normalized spacial score (nSPS) is 11.2. The highest BCUT2D eigenvalue weighted by atomic mass is 19.1. The maximum Gasteiger partial charge on any atom is 0.132 e. The first-order valence-corrected chi connectivity index (χ1v) is 6.97. The van der Waals surface area contributed by atoms with Crippen LogP contribution in [-0.4, -0.2) is 51.6 Å². The van der Waals surface area contributed by atoms with E-state index in [9.17, 15) is 4.39 Å². The van der Waals surface area contributed by atoms with Gasteiger partial charge < -0.3 is 10.2 Å². The van der Waals surface area contributed by atoms with E-state index in [4.69, 9.17) is 10.2 Å². The Hall–Kier alpha value is -1.76. The lowest BCUT2D eigenvalue weighted by molar-refractivity contribution is 0.174. The lowest BCUT2D eigenvalue weighted by atomic mass is 10.1. The summed E-state index contributed by atoms with van der Waals surface area (Å²) in [6, 6.07) is 6.54. The van der Waals surface area contributed by atoms with Crippen LogP contribution >= 0.6 is 0 Å². The molecule has 0 spiro atoms. The first-order valence-electron chi connectivity index (χ1n) is 6.97. The third kappa shape index (κ3) is 4.10. The molecule has 5 nitrogen and oxygen atoms in total. The minimum atomic E-state index is -0.299. The van der Waals surface area contributed by atoms with Gasteiger partial charge >= 0.3 is 0 Å². The number of hydrogen-bond donors (Lipinski definition) is 3. The smallest absolute Gasteiger partial charge is 0.132 e. The van der Waals surface area contributed by atoms with E-state index in [2.05, 4.69) is 10.2 Å². The third-order valence-electron chi connectivity index (χ3n) is 3.30. The fourth-order valence-electron chi connectivity index (χ4n) is 2.27. The second-order valence-electron chi connectivity index (χ2n) is 4.83. The molecule has 0 unspecified atom stereocenters. The maximum atomic E-state index is 13.9. The molecule has 0 aliphatic rings. The molecule has 2 aromatic rings. The Bertz CT molecular complexity index is 559.